The second-order valence-electron chi connectivity index (χ2n) is 3.98. The fourth-order valence-corrected chi connectivity index (χ4v) is 1.13. The van der Waals surface area contributed by atoms with Crippen molar-refractivity contribution in [3.63, 3.8) is 0 Å². The molecule has 0 amide bonds. The zero-order chi connectivity index (χ0) is 11.5. The van der Waals surface area contributed by atoms with Gasteiger partial charge in [0.1, 0.15) is 0 Å². The first-order chi connectivity index (χ1) is 6.95. The van der Waals surface area contributed by atoms with Crippen molar-refractivity contribution in [3.8, 4) is 5.88 Å². The molecule has 0 saturated heterocycles. The van der Waals surface area contributed by atoms with Crippen LogP contribution in [-0.4, -0.2) is 11.6 Å². The van der Waals surface area contributed by atoms with Crippen molar-refractivity contribution in [2.24, 2.45) is 0 Å². The Kier molecular flexibility index (Phi) is 3.61. The molecule has 0 aliphatic carbocycles. The molecule has 0 radical (unpaired) electrons. The molecule has 0 fully saturated rings. The van der Waals surface area contributed by atoms with Gasteiger partial charge in [-0.1, -0.05) is 26.8 Å². The first-order valence-electron chi connectivity index (χ1n) is 4.88. The molecule has 0 unspecified atom stereocenters. The van der Waals surface area contributed by atoms with Crippen molar-refractivity contribution in [1.82, 2.24) is 4.98 Å². The number of alkyl halides is 2. The number of hydrogen-bond donors (Lipinski definition) is 0. The van der Waals surface area contributed by atoms with Crippen LogP contribution in [0, 0.1) is 0 Å². The van der Waals surface area contributed by atoms with Gasteiger partial charge >= 0.3 is 6.61 Å². The van der Waals surface area contributed by atoms with Crippen LogP contribution < -0.4 is 4.74 Å². The quantitative estimate of drug-likeness (QED) is 0.768. The topological polar surface area (TPSA) is 22.1 Å². The van der Waals surface area contributed by atoms with Crippen molar-refractivity contribution >= 4 is 0 Å². The fourth-order valence-electron chi connectivity index (χ4n) is 1.13. The summed E-state index contributed by atoms with van der Waals surface area (Å²) in [6.07, 6.45) is 0.887. The lowest BCUT2D eigenvalue weighted by Crippen LogP contribution is -2.18. The van der Waals surface area contributed by atoms with E-state index in [1.807, 2.05) is 26.8 Å². The van der Waals surface area contributed by atoms with Gasteiger partial charge in [0.05, 0.1) is 5.69 Å². The highest BCUT2D eigenvalue weighted by Gasteiger charge is 2.20. The normalized spacial score (nSPS) is 11.9. The summed E-state index contributed by atoms with van der Waals surface area (Å²) in [7, 11) is 0. The number of halogens is 2. The Morgan fingerprint density at radius 1 is 1.40 bits per heavy atom. The maximum absolute atomic E-state index is 12.0. The largest absolute Gasteiger partial charge is 0.417 e. The molecular weight excluding hydrogens is 200 g/mol. The van der Waals surface area contributed by atoms with Gasteiger partial charge in [-0.05, 0) is 12.5 Å². The zero-order valence-corrected chi connectivity index (χ0v) is 9.13. The molecule has 1 aromatic rings. The van der Waals surface area contributed by atoms with Crippen LogP contribution in [-0.2, 0) is 5.41 Å². The average Bonchev–Trinajstić information content (AvgIpc) is 2.17. The van der Waals surface area contributed by atoms with Gasteiger partial charge in [0.15, 0.2) is 0 Å². The van der Waals surface area contributed by atoms with Crippen LogP contribution in [0.2, 0.25) is 0 Å². The van der Waals surface area contributed by atoms with Crippen molar-refractivity contribution in [1.29, 1.82) is 0 Å². The zero-order valence-electron chi connectivity index (χ0n) is 9.13. The fraction of sp³-hybridized carbons (Fsp3) is 0.545. The number of hydrogen-bond acceptors (Lipinski definition) is 2. The van der Waals surface area contributed by atoms with E-state index in [4.69, 9.17) is 0 Å². The Balaban J connectivity index is 2.92. The van der Waals surface area contributed by atoms with Crippen molar-refractivity contribution in [2.45, 2.75) is 39.2 Å². The highest BCUT2D eigenvalue weighted by molar-refractivity contribution is 5.21. The minimum atomic E-state index is -2.82. The molecule has 15 heavy (non-hydrogen) atoms. The molecule has 1 aromatic heterocycles. The summed E-state index contributed by atoms with van der Waals surface area (Å²) in [5, 5.41) is 0. The molecule has 0 aliphatic heterocycles. The van der Waals surface area contributed by atoms with E-state index in [0.29, 0.717) is 0 Å². The van der Waals surface area contributed by atoms with Gasteiger partial charge in [-0.2, -0.15) is 8.78 Å². The molecule has 0 spiro atoms. The van der Waals surface area contributed by atoms with Gasteiger partial charge < -0.3 is 4.74 Å². The molecule has 0 N–H and O–H groups in total. The van der Waals surface area contributed by atoms with Crippen LogP contribution in [0.4, 0.5) is 8.78 Å². The highest BCUT2D eigenvalue weighted by Crippen LogP contribution is 2.26. The second kappa shape index (κ2) is 4.55. The van der Waals surface area contributed by atoms with Crippen molar-refractivity contribution in [2.75, 3.05) is 0 Å². The molecular formula is C11H15F2NO. The lowest BCUT2D eigenvalue weighted by atomic mass is 9.86. The third kappa shape index (κ3) is 3.15. The predicted molar refractivity (Wildman–Crippen MR) is 54.2 cm³/mol. The summed E-state index contributed by atoms with van der Waals surface area (Å²) in [4.78, 5) is 4.05. The Hall–Kier alpha value is -1.19. The van der Waals surface area contributed by atoms with Gasteiger partial charge in [0.25, 0.3) is 0 Å². The van der Waals surface area contributed by atoms with Gasteiger partial charge in [-0.3, -0.25) is 0 Å². The number of pyridine rings is 1. The summed E-state index contributed by atoms with van der Waals surface area (Å²) in [6.45, 7) is 3.24. The van der Waals surface area contributed by atoms with Gasteiger partial charge in [-0.25, -0.2) is 4.98 Å². The maximum Gasteiger partial charge on any atom is 0.388 e. The first kappa shape index (κ1) is 11.9. The summed E-state index contributed by atoms with van der Waals surface area (Å²) in [6, 6.07) is 4.93. The van der Waals surface area contributed by atoms with E-state index in [9.17, 15) is 8.78 Å². The van der Waals surface area contributed by atoms with E-state index < -0.39 is 6.61 Å². The second-order valence-corrected chi connectivity index (χ2v) is 3.98. The van der Waals surface area contributed by atoms with E-state index >= 15 is 0 Å². The number of nitrogens with zero attached hydrogens (tertiary/aromatic N) is 1. The third-order valence-corrected chi connectivity index (χ3v) is 2.51. The molecule has 4 heteroatoms. The smallest absolute Gasteiger partial charge is 0.388 e. The van der Waals surface area contributed by atoms with E-state index in [-0.39, 0.29) is 11.3 Å². The summed E-state index contributed by atoms with van der Waals surface area (Å²) in [5.74, 6) is -0.0241. The van der Waals surface area contributed by atoms with E-state index in [1.165, 1.54) is 6.07 Å². The number of aromatic nitrogens is 1. The molecule has 84 valence electrons. The Labute approximate surface area is 88.3 Å². The molecule has 0 saturated carbocycles. The summed E-state index contributed by atoms with van der Waals surface area (Å²) < 4.78 is 28.2. The average molecular weight is 215 g/mol. The van der Waals surface area contributed by atoms with Crippen LogP contribution in [0.25, 0.3) is 0 Å². The molecule has 1 rings (SSSR count). The minimum Gasteiger partial charge on any atom is -0.417 e. The Morgan fingerprint density at radius 3 is 2.60 bits per heavy atom. The van der Waals surface area contributed by atoms with Crippen molar-refractivity contribution < 1.29 is 13.5 Å². The summed E-state index contributed by atoms with van der Waals surface area (Å²) >= 11 is 0. The molecule has 0 aromatic carbocycles. The standard InChI is InChI=1S/C11H15F2NO/c1-4-11(2,3)8-6-5-7-9(14-8)15-10(12)13/h5-7,10H,4H2,1-3H3. The van der Waals surface area contributed by atoms with Gasteiger partial charge in [-0.15, -0.1) is 0 Å². The van der Waals surface area contributed by atoms with Crippen molar-refractivity contribution in [3.05, 3.63) is 23.9 Å². The third-order valence-electron chi connectivity index (χ3n) is 2.51. The molecule has 0 bridgehead atoms. The van der Waals surface area contributed by atoms with Gasteiger partial charge in [0.2, 0.25) is 5.88 Å². The van der Waals surface area contributed by atoms with Crippen LogP contribution >= 0.6 is 0 Å². The van der Waals surface area contributed by atoms with E-state index in [2.05, 4.69) is 9.72 Å². The maximum atomic E-state index is 12.0. The van der Waals surface area contributed by atoms with E-state index in [0.717, 1.165) is 12.1 Å². The lowest BCUT2D eigenvalue weighted by molar-refractivity contribution is -0.0530. The van der Waals surface area contributed by atoms with Crippen LogP contribution in [0.3, 0.4) is 0 Å². The van der Waals surface area contributed by atoms with Gasteiger partial charge in [0, 0.05) is 11.5 Å². The van der Waals surface area contributed by atoms with Crippen LogP contribution in [0.1, 0.15) is 32.9 Å². The molecule has 0 atom stereocenters. The number of rotatable bonds is 4. The van der Waals surface area contributed by atoms with Crippen LogP contribution in [0.5, 0.6) is 5.88 Å². The SMILES string of the molecule is CCC(C)(C)c1cccc(OC(F)F)n1. The van der Waals surface area contributed by atoms with Crippen LogP contribution in [0.15, 0.2) is 18.2 Å². The minimum absolute atomic E-state index is 0.0241. The van der Waals surface area contributed by atoms with E-state index in [1.54, 1.807) is 6.07 Å². The monoisotopic (exact) mass is 215 g/mol. The number of ether oxygens (including phenoxy) is 1. The molecule has 1 heterocycles. The predicted octanol–water partition coefficient (Wildman–Crippen LogP) is 3.37. The molecule has 0 aliphatic rings. The Bertz CT molecular complexity index is 326. The Morgan fingerprint density at radius 2 is 2.07 bits per heavy atom. The first-order valence-corrected chi connectivity index (χ1v) is 4.88. The molecule has 2 nitrogen and oxygen atoms in total. The highest BCUT2D eigenvalue weighted by atomic mass is 19.3. The lowest BCUT2D eigenvalue weighted by Gasteiger charge is -2.22. The summed E-state index contributed by atoms with van der Waals surface area (Å²) in [5.41, 5.74) is 0.643.